The first-order chi connectivity index (χ1) is 10.6. The molecule has 0 aliphatic rings. The van der Waals surface area contributed by atoms with Gasteiger partial charge in [-0.3, -0.25) is 0 Å². The van der Waals surface area contributed by atoms with Gasteiger partial charge in [0.2, 0.25) is 0 Å². The summed E-state index contributed by atoms with van der Waals surface area (Å²) in [5.74, 6) is -3.19. The molecule has 0 atom stereocenters. The summed E-state index contributed by atoms with van der Waals surface area (Å²) in [6.45, 7) is 2.15. The third-order valence-electron chi connectivity index (χ3n) is 4.12. The molecule has 122 valence electrons. The van der Waals surface area contributed by atoms with Crippen LogP contribution >= 0.6 is 0 Å². The molecule has 1 aromatic carbocycles. The first-order valence-electron chi connectivity index (χ1n) is 8.04. The molecule has 0 heterocycles. The normalized spacial score (nSPS) is 10.4. The molecule has 0 aliphatic heterocycles. The van der Waals surface area contributed by atoms with Crippen molar-refractivity contribution in [1.29, 1.82) is 0 Å². The van der Waals surface area contributed by atoms with Gasteiger partial charge in [0.1, 0.15) is 0 Å². The minimum Gasteiger partial charge on any atom is -0.549 e. The molecule has 0 fully saturated rings. The molecule has 0 saturated carbocycles. The molecule has 4 nitrogen and oxygen atoms in total. The summed E-state index contributed by atoms with van der Waals surface area (Å²) in [6.07, 6.45) is 6.99. The van der Waals surface area contributed by atoms with Crippen molar-refractivity contribution >= 4 is 11.9 Å². The van der Waals surface area contributed by atoms with Crippen LogP contribution in [0.2, 0.25) is 0 Å². The Bertz CT molecular complexity index is 463. The van der Waals surface area contributed by atoms with Gasteiger partial charge in [-0.15, -0.1) is 0 Å². The second-order valence-electron chi connectivity index (χ2n) is 5.72. The van der Waals surface area contributed by atoms with Crippen molar-refractivity contribution < 1.29 is 57.5 Å². The summed E-state index contributed by atoms with van der Waals surface area (Å²) in [5, 5.41) is 23.1. The number of carboxylic acid groups (broad SMARTS) is 2. The average Bonchev–Trinajstić information content (AvgIpc) is 2.50. The van der Waals surface area contributed by atoms with Gasteiger partial charge in [0.05, 0.1) is 17.4 Å². The fraction of sp³-hybridized carbons (Fsp3) is 0.556. The Morgan fingerprint density at radius 3 is 1.75 bits per heavy atom. The quantitative estimate of drug-likeness (QED) is 0.234. The zero-order chi connectivity index (χ0) is 16.4. The summed E-state index contributed by atoms with van der Waals surface area (Å²) < 4.78 is 0. The molecular formula is C18H24Li2O4. The third kappa shape index (κ3) is 7.08. The van der Waals surface area contributed by atoms with Gasteiger partial charge in [-0.1, -0.05) is 82.2 Å². The summed E-state index contributed by atoms with van der Waals surface area (Å²) in [6, 6.07) is 7.98. The van der Waals surface area contributed by atoms with Crippen molar-refractivity contribution in [2.45, 2.75) is 63.7 Å². The number of hydrogen-bond acceptors (Lipinski definition) is 4. The summed E-state index contributed by atoms with van der Waals surface area (Å²) in [7, 11) is 0. The van der Waals surface area contributed by atoms with Crippen molar-refractivity contribution in [2.24, 2.45) is 0 Å². The number of carbonyl (C=O) groups excluding carboxylic acids is 2. The van der Waals surface area contributed by atoms with Crippen LogP contribution in [0.1, 0.15) is 63.9 Å². The Labute approximate surface area is 168 Å². The SMILES string of the molecule is CCCCCCCCCC(C(=O)[O-])(C(=O)[O-])c1ccccc1.[Li+].[Li+]. The van der Waals surface area contributed by atoms with Crippen LogP contribution in [0.4, 0.5) is 0 Å². The minimum atomic E-state index is -2.05. The fourth-order valence-corrected chi connectivity index (χ4v) is 2.74. The number of rotatable bonds is 11. The van der Waals surface area contributed by atoms with Crippen LogP contribution in [-0.2, 0) is 15.0 Å². The molecule has 6 heteroatoms. The van der Waals surface area contributed by atoms with E-state index >= 15 is 0 Å². The van der Waals surface area contributed by atoms with Crippen molar-refractivity contribution in [3.63, 3.8) is 0 Å². The smallest absolute Gasteiger partial charge is 0.549 e. The van der Waals surface area contributed by atoms with Crippen molar-refractivity contribution in [3.05, 3.63) is 35.9 Å². The van der Waals surface area contributed by atoms with E-state index in [0.29, 0.717) is 6.42 Å². The second-order valence-corrected chi connectivity index (χ2v) is 5.72. The monoisotopic (exact) mass is 318 g/mol. The number of aliphatic carboxylic acids is 2. The van der Waals surface area contributed by atoms with Crippen molar-refractivity contribution in [1.82, 2.24) is 0 Å². The predicted molar refractivity (Wildman–Crippen MR) is 80.7 cm³/mol. The number of hydrogen-bond donors (Lipinski definition) is 0. The Hall–Kier alpha value is -0.645. The molecular weight excluding hydrogens is 294 g/mol. The van der Waals surface area contributed by atoms with Crippen LogP contribution in [0.15, 0.2) is 30.3 Å². The first-order valence-corrected chi connectivity index (χ1v) is 8.04. The van der Waals surface area contributed by atoms with E-state index in [1.165, 1.54) is 31.4 Å². The van der Waals surface area contributed by atoms with Gasteiger partial charge in [-0.05, 0) is 12.0 Å². The fourth-order valence-electron chi connectivity index (χ4n) is 2.74. The van der Waals surface area contributed by atoms with E-state index < -0.39 is 17.4 Å². The molecule has 1 rings (SSSR count). The predicted octanol–water partition coefficient (Wildman–Crippen LogP) is -4.43. The van der Waals surface area contributed by atoms with E-state index in [9.17, 15) is 19.8 Å². The van der Waals surface area contributed by atoms with Gasteiger partial charge in [0.25, 0.3) is 0 Å². The molecule has 0 aromatic heterocycles. The maximum atomic E-state index is 11.5. The van der Waals surface area contributed by atoms with Crippen LogP contribution < -0.4 is 47.9 Å². The van der Waals surface area contributed by atoms with Gasteiger partial charge in [-0.25, -0.2) is 0 Å². The Morgan fingerprint density at radius 2 is 1.29 bits per heavy atom. The van der Waals surface area contributed by atoms with Gasteiger partial charge in [0.15, 0.2) is 0 Å². The van der Waals surface area contributed by atoms with Crippen molar-refractivity contribution in [2.75, 3.05) is 0 Å². The molecule has 1 aromatic rings. The number of benzene rings is 1. The Balaban J connectivity index is 0. The summed E-state index contributed by atoms with van der Waals surface area (Å²) in [5.41, 5.74) is -1.83. The molecule has 0 unspecified atom stereocenters. The van der Waals surface area contributed by atoms with Gasteiger partial charge in [0, 0.05) is 0 Å². The maximum absolute atomic E-state index is 11.5. The van der Waals surface area contributed by atoms with E-state index in [1.54, 1.807) is 18.2 Å². The molecule has 0 radical (unpaired) electrons. The standard InChI is InChI=1S/C18H26O4.2Li/c1-2-3-4-5-6-7-11-14-18(16(19)20,17(21)22)15-12-9-8-10-13-15;;/h8-10,12-13H,2-7,11,14H2,1H3,(H,19,20)(H,21,22);;/q;2*+1/p-2. The van der Waals surface area contributed by atoms with Gasteiger partial charge in [-0.2, -0.15) is 0 Å². The largest absolute Gasteiger partial charge is 1.00 e. The van der Waals surface area contributed by atoms with Crippen LogP contribution in [-0.4, -0.2) is 11.9 Å². The molecule has 0 aliphatic carbocycles. The van der Waals surface area contributed by atoms with E-state index in [2.05, 4.69) is 6.92 Å². The first kappa shape index (κ1) is 25.6. The third-order valence-corrected chi connectivity index (χ3v) is 4.12. The second kappa shape index (κ2) is 13.6. The topological polar surface area (TPSA) is 80.3 Å². The Morgan fingerprint density at radius 1 is 0.833 bits per heavy atom. The van der Waals surface area contributed by atoms with Crippen LogP contribution in [0.3, 0.4) is 0 Å². The molecule has 0 amide bonds. The molecule has 0 saturated heterocycles. The molecule has 0 N–H and O–H groups in total. The van der Waals surface area contributed by atoms with Crippen LogP contribution in [0.5, 0.6) is 0 Å². The van der Waals surface area contributed by atoms with E-state index in [1.807, 2.05) is 0 Å². The number of unbranched alkanes of at least 4 members (excludes halogenated alkanes) is 6. The Kier molecular flexibility index (Phi) is 14.5. The van der Waals surface area contributed by atoms with Gasteiger partial charge >= 0.3 is 37.7 Å². The van der Waals surface area contributed by atoms with Crippen LogP contribution in [0, 0.1) is 0 Å². The van der Waals surface area contributed by atoms with E-state index in [4.69, 9.17) is 0 Å². The maximum Gasteiger partial charge on any atom is 1.00 e. The zero-order valence-corrected chi connectivity index (χ0v) is 15.2. The van der Waals surface area contributed by atoms with E-state index in [0.717, 1.165) is 19.3 Å². The average molecular weight is 318 g/mol. The van der Waals surface area contributed by atoms with Crippen molar-refractivity contribution in [3.8, 4) is 0 Å². The number of carboxylic acids is 2. The molecule has 24 heavy (non-hydrogen) atoms. The summed E-state index contributed by atoms with van der Waals surface area (Å²) in [4.78, 5) is 23.1. The van der Waals surface area contributed by atoms with Gasteiger partial charge < -0.3 is 19.8 Å². The number of carbonyl (C=O) groups is 2. The molecule has 0 spiro atoms. The molecule has 0 bridgehead atoms. The van der Waals surface area contributed by atoms with Crippen LogP contribution in [0.25, 0.3) is 0 Å². The zero-order valence-electron chi connectivity index (χ0n) is 15.2. The minimum absolute atomic E-state index is 0. The summed E-state index contributed by atoms with van der Waals surface area (Å²) >= 11 is 0. The van der Waals surface area contributed by atoms with E-state index in [-0.39, 0.29) is 49.7 Å².